The minimum atomic E-state index is -0.399. The third-order valence-electron chi connectivity index (χ3n) is 2.23. The summed E-state index contributed by atoms with van der Waals surface area (Å²) in [5.41, 5.74) is 6.73. The van der Waals surface area contributed by atoms with E-state index in [1.54, 1.807) is 12.1 Å². The number of nitrogens with two attached hydrogens (primary N) is 1. The van der Waals surface area contributed by atoms with E-state index < -0.39 is 5.91 Å². The number of rotatable bonds is 1. The fourth-order valence-corrected chi connectivity index (χ4v) is 2.13. The Bertz CT molecular complexity index is 516. The molecule has 0 aliphatic heterocycles. The highest BCUT2D eigenvalue weighted by atomic mass is 79.9. The van der Waals surface area contributed by atoms with Crippen molar-refractivity contribution >= 4 is 32.7 Å². The van der Waals surface area contributed by atoms with Crippen molar-refractivity contribution in [2.75, 3.05) is 0 Å². The Balaban J connectivity index is 2.77. The second-order valence-corrected chi connectivity index (χ2v) is 4.04. The Morgan fingerprint density at radius 2 is 2.21 bits per heavy atom. The molecule has 0 atom stereocenters. The van der Waals surface area contributed by atoms with E-state index in [2.05, 4.69) is 15.9 Å². The molecule has 2 N–H and O–H groups in total. The molecule has 0 radical (unpaired) electrons. The quantitative estimate of drug-likeness (QED) is 0.830. The molecule has 2 rings (SSSR count). The van der Waals surface area contributed by atoms with Gasteiger partial charge in [0, 0.05) is 34.2 Å². The van der Waals surface area contributed by atoms with Crippen molar-refractivity contribution in [2.24, 2.45) is 12.8 Å². The Morgan fingerprint density at radius 3 is 2.86 bits per heavy atom. The van der Waals surface area contributed by atoms with Crippen LogP contribution < -0.4 is 5.73 Å². The lowest BCUT2D eigenvalue weighted by Gasteiger charge is -1.98. The van der Waals surface area contributed by atoms with Crippen LogP contribution in [0.15, 0.2) is 28.9 Å². The molecule has 4 heteroatoms. The zero-order valence-corrected chi connectivity index (χ0v) is 9.21. The van der Waals surface area contributed by atoms with Gasteiger partial charge in [-0.1, -0.05) is 6.07 Å². The molecule has 14 heavy (non-hydrogen) atoms. The second kappa shape index (κ2) is 3.13. The molecule has 1 aromatic heterocycles. The van der Waals surface area contributed by atoms with Crippen molar-refractivity contribution in [1.29, 1.82) is 0 Å². The number of hydrogen-bond acceptors (Lipinski definition) is 1. The third-order valence-corrected chi connectivity index (χ3v) is 2.86. The molecule has 0 aliphatic rings. The van der Waals surface area contributed by atoms with E-state index in [0.717, 1.165) is 15.4 Å². The van der Waals surface area contributed by atoms with Crippen LogP contribution in [-0.2, 0) is 7.05 Å². The lowest BCUT2D eigenvalue weighted by Crippen LogP contribution is -2.10. The average molecular weight is 253 g/mol. The Morgan fingerprint density at radius 1 is 1.50 bits per heavy atom. The number of aromatic nitrogens is 1. The predicted molar refractivity (Wildman–Crippen MR) is 59.1 cm³/mol. The number of fused-ring (bicyclic) bond motifs is 1. The molecule has 0 unspecified atom stereocenters. The zero-order chi connectivity index (χ0) is 10.3. The number of amides is 1. The van der Waals surface area contributed by atoms with Gasteiger partial charge < -0.3 is 10.3 Å². The molecular formula is C10H9BrN2O. The van der Waals surface area contributed by atoms with Crippen LogP contribution >= 0.6 is 15.9 Å². The number of carbonyl (C=O) groups excluding carboxylic acids is 1. The van der Waals surface area contributed by atoms with Crippen LogP contribution in [-0.4, -0.2) is 10.5 Å². The highest BCUT2D eigenvalue weighted by molar-refractivity contribution is 9.10. The zero-order valence-electron chi connectivity index (χ0n) is 7.62. The number of nitrogens with zero attached hydrogens (tertiary/aromatic N) is 1. The maximum atomic E-state index is 11.0. The molecule has 0 fully saturated rings. The van der Waals surface area contributed by atoms with Crippen LogP contribution in [0.2, 0.25) is 0 Å². The molecule has 3 nitrogen and oxygen atoms in total. The number of hydrogen-bond donors (Lipinski definition) is 1. The van der Waals surface area contributed by atoms with Crippen molar-refractivity contribution in [3.63, 3.8) is 0 Å². The van der Waals surface area contributed by atoms with E-state index in [1.165, 1.54) is 0 Å². The summed E-state index contributed by atoms with van der Waals surface area (Å²) in [6, 6.07) is 5.41. The third kappa shape index (κ3) is 1.32. The minimum absolute atomic E-state index is 0.399. The Hall–Kier alpha value is -1.29. The Kier molecular flexibility index (Phi) is 2.07. The molecule has 2 aromatic rings. The van der Waals surface area contributed by atoms with Crippen molar-refractivity contribution in [2.45, 2.75) is 0 Å². The van der Waals surface area contributed by atoms with E-state index in [9.17, 15) is 4.79 Å². The van der Waals surface area contributed by atoms with Gasteiger partial charge in [-0.25, -0.2) is 0 Å². The van der Waals surface area contributed by atoms with Crippen molar-refractivity contribution < 1.29 is 4.79 Å². The number of halogens is 1. The van der Waals surface area contributed by atoms with Crippen LogP contribution in [0.25, 0.3) is 10.9 Å². The number of carbonyl (C=O) groups is 1. The van der Waals surface area contributed by atoms with Crippen LogP contribution in [0.1, 0.15) is 10.4 Å². The van der Waals surface area contributed by atoms with Gasteiger partial charge in [-0.2, -0.15) is 0 Å². The van der Waals surface area contributed by atoms with Gasteiger partial charge in [0.25, 0.3) is 0 Å². The van der Waals surface area contributed by atoms with Gasteiger partial charge in [0.15, 0.2) is 0 Å². The van der Waals surface area contributed by atoms with E-state index in [1.807, 2.05) is 23.9 Å². The lowest BCUT2D eigenvalue weighted by atomic mass is 10.1. The van der Waals surface area contributed by atoms with Crippen LogP contribution in [0.4, 0.5) is 0 Å². The van der Waals surface area contributed by atoms with Gasteiger partial charge in [0.05, 0.1) is 0 Å². The summed E-state index contributed by atoms with van der Waals surface area (Å²) in [4.78, 5) is 11.0. The summed E-state index contributed by atoms with van der Waals surface area (Å²) in [5, 5.41) is 1.08. The van der Waals surface area contributed by atoms with E-state index >= 15 is 0 Å². The monoisotopic (exact) mass is 252 g/mol. The molecule has 1 amide bonds. The van der Waals surface area contributed by atoms with Crippen LogP contribution in [0.3, 0.4) is 0 Å². The molecule has 0 aliphatic carbocycles. The molecular weight excluding hydrogens is 244 g/mol. The largest absolute Gasteiger partial charge is 0.366 e. The van der Waals surface area contributed by atoms with Crippen molar-refractivity contribution in [3.05, 3.63) is 34.4 Å². The molecule has 0 saturated heterocycles. The van der Waals surface area contributed by atoms with Gasteiger partial charge in [0.1, 0.15) is 0 Å². The van der Waals surface area contributed by atoms with E-state index in [0.29, 0.717) is 5.56 Å². The van der Waals surface area contributed by atoms with E-state index in [-0.39, 0.29) is 0 Å². The number of aryl methyl sites for hydroxylation is 1. The van der Waals surface area contributed by atoms with Gasteiger partial charge in [0.2, 0.25) is 5.91 Å². The minimum Gasteiger partial charge on any atom is -0.366 e. The first-order valence-electron chi connectivity index (χ1n) is 4.14. The SMILES string of the molecule is Cn1cc(Br)c2ccc(C(N)=O)cc21. The first kappa shape index (κ1) is 9.27. The fourth-order valence-electron chi connectivity index (χ4n) is 1.49. The topological polar surface area (TPSA) is 48.0 Å². The summed E-state index contributed by atoms with van der Waals surface area (Å²) < 4.78 is 2.97. The van der Waals surface area contributed by atoms with Crippen molar-refractivity contribution in [1.82, 2.24) is 4.57 Å². The lowest BCUT2D eigenvalue weighted by molar-refractivity contribution is 0.100. The smallest absolute Gasteiger partial charge is 0.248 e. The van der Waals surface area contributed by atoms with Crippen LogP contribution in [0, 0.1) is 0 Å². The molecule has 1 heterocycles. The van der Waals surface area contributed by atoms with Crippen molar-refractivity contribution in [3.8, 4) is 0 Å². The molecule has 1 aromatic carbocycles. The van der Waals surface area contributed by atoms with Gasteiger partial charge in [-0.15, -0.1) is 0 Å². The molecule has 0 saturated carbocycles. The van der Waals surface area contributed by atoms with Gasteiger partial charge >= 0.3 is 0 Å². The van der Waals surface area contributed by atoms with E-state index in [4.69, 9.17) is 5.73 Å². The number of benzene rings is 1. The summed E-state index contributed by atoms with van der Waals surface area (Å²) in [5.74, 6) is -0.399. The molecule has 72 valence electrons. The van der Waals surface area contributed by atoms with Crippen LogP contribution in [0.5, 0.6) is 0 Å². The maximum absolute atomic E-state index is 11.0. The second-order valence-electron chi connectivity index (χ2n) is 3.18. The standard InChI is InChI=1S/C10H9BrN2O/c1-13-5-8(11)7-3-2-6(10(12)14)4-9(7)13/h2-5H,1H3,(H2,12,14). The molecule has 0 spiro atoms. The first-order valence-corrected chi connectivity index (χ1v) is 4.93. The average Bonchev–Trinajstić information content (AvgIpc) is 2.42. The first-order chi connectivity index (χ1) is 6.59. The summed E-state index contributed by atoms with van der Waals surface area (Å²) in [7, 11) is 1.93. The maximum Gasteiger partial charge on any atom is 0.248 e. The highest BCUT2D eigenvalue weighted by Crippen LogP contribution is 2.26. The molecule has 0 bridgehead atoms. The normalized spacial score (nSPS) is 10.7. The summed E-state index contributed by atoms with van der Waals surface area (Å²) in [6.45, 7) is 0. The Labute approximate surface area is 89.6 Å². The number of primary amides is 1. The highest BCUT2D eigenvalue weighted by Gasteiger charge is 2.07. The summed E-state index contributed by atoms with van der Waals surface area (Å²) in [6.07, 6.45) is 1.95. The predicted octanol–water partition coefficient (Wildman–Crippen LogP) is 2.04. The van der Waals surface area contributed by atoms with Gasteiger partial charge in [-0.05, 0) is 28.1 Å². The van der Waals surface area contributed by atoms with Gasteiger partial charge in [-0.3, -0.25) is 4.79 Å². The fraction of sp³-hybridized carbons (Fsp3) is 0.100. The summed E-state index contributed by atoms with van der Waals surface area (Å²) >= 11 is 3.44.